The first-order chi connectivity index (χ1) is 10.1. The van der Waals surface area contributed by atoms with Crippen molar-refractivity contribution in [3.63, 3.8) is 0 Å². The first-order valence-electron chi connectivity index (χ1n) is 6.20. The summed E-state index contributed by atoms with van der Waals surface area (Å²) in [5.74, 6) is -1.06. The molecule has 2 aromatic heterocycles. The number of nitrogen functional groups attached to an aromatic ring is 1. The smallest absolute Gasteiger partial charge is 0.356 e. The van der Waals surface area contributed by atoms with Crippen molar-refractivity contribution in [3.05, 3.63) is 53.5 Å². The molecule has 0 aliphatic rings. The zero-order chi connectivity index (χ0) is 14.8. The van der Waals surface area contributed by atoms with Crippen LogP contribution in [-0.4, -0.2) is 31.0 Å². The van der Waals surface area contributed by atoms with Crippen molar-refractivity contribution >= 4 is 23.1 Å². The standard InChI is InChI=1S/C14H11N5O2/c15-14-18-9(6-8-4-2-1-3-5-8)11-12(19-14)16-7-10(17-11)13(20)21/h1-5,7H,6H2,(H,20,21)(H2,15,16,18,19). The molecule has 0 saturated carbocycles. The molecule has 0 aliphatic heterocycles. The summed E-state index contributed by atoms with van der Waals surface area (Å²) in [7, 11) is 0. The second kappa shape index (κ2) is 5.12. The highest BCUT2D eigenvalue weighted by Gasteiger charge is 2.13. The number of anilines is 1. The number of fused-ring (bicyclic) bond motifs is 1. The van der Waals surface area contributed by atoms with E-state index in [-0.39, 0.29) is 11.6 Å². The van der Waals surface area contributed by atoms with Crippen LogP contribution in [-0.2, 0) is 6.42 Å². The third-order valence-corrected chi connectivity index (χ3v) is 2.93. The van der Waals surface area contributed by atoms with E-state index in [4.69, 9.17) is 10.8 Å². The Morgan fingerprint density at radius 2 is 1.90 bits per heavy atom. The molecule has 0 bridgehead atoms. The first kappa shape index (κ1) is 12.9. The van der Waals surface area contributed by atoms with Crippen molar-refractivity contribution in [3.8, 4) is 0 Å². The Kier molecular flexibility index (Phi) is 3.15. The fourth-order valence-corrected chi connectivity index (χ4v) is 2.00. The number of carboxylic acids is 1. The van der Waals surface area contributed by atoms with E-state index >= 15 is 0 Å². The molecule has 7 heteroatoms. The van der Waals surface area contributed by atoms with Gasteiger partial charge in [0.2, 0.25) is 5.95 Å². The van der Waals surface area contributed by atoms with Gasteiger partial charge in [-0.2, -0.15) is 4.98 Å². The number of rotatable bonds is 3. The third-order valence-electron chi connectivity index (χ3n) is 2.93. The zero-order valence-corrected chi connectivity index (χ0v) is 10.9. The Bertz CT molecular complexity index is 820. The van der Waals surface area contributed by atoms with Crippen molar-refractivity contribution < 1.29 is 9.90 Å². The van der Waals surface area contributed by atoms with Gasteiger partial charge < -0.3 is 10.8 Å². The zero-order valence-electron chi connectivity index (χ0n) is 10.9. The van der Waals surface area contributed by atoms with Gasteiger partial charge in [0.05, 0.1) is 11.9 Å². The van der Waals surface area contributed by atoms with Gasteiger partial charge >= 0.3 is 5.97 Å². The summed E-state index contributed by atoms with van der Waals surface area (Å²) in [6, 6.07) is 9.63. The highest BCUT2D eigenvalue weighted by atomic mass is 16.4. The summed E-state index contributed by atoms with van der Waals surface area (Å²) in [5, 5.41) is 9.01. The molecular formula is C14H11N5O2. The topological polar surface area (TPSA) is 115 Å². The van der Waals surface area contributed by atoms with Crippen molar-refractivity contribution in [2.45, 2.75) is 6.42 Å². The van der Waals surface area contributed by atoms with E-state index in [0.717, 1.165) is 11.8 Å². The van der Waals surface area contributed by atoms with Gasteiger partial charge in [-0.15, -0.1) is 0 Å². The lowest BCUT2D eigenvalue weighted by Crippen LogP contribution is -2.08. The third kappa shape index (κ3) is 2.62. The Hall–Kier alpha value is -3.09. The lowest BCUT2D eigenvalue weighted by atomic mass is 10.1. The molecule has 7 nitrogen and oxygen atoms in total. The summed E-state index contributed by atoms with van der Waals surface area (Å²) in [5.41, 5.74) is 7.73. The van der Waals surface area contributed by atoms with Crippen LogP contribution in [0, 0.1) is 0 Å². The molecule has 0 aliphatic carbocycles. The Morgan fingerprint density at radius 3 is 2.62 bits per heavy atom. The van der Waals surface area contributed by atoms with Gasteiger partial charge in [0.15, 0.2) is 11.3 Å². The maximum atomic E-state index is 11.0. The molecule has 0 spiro atoms. The second-order valence-electron chi connectivity index (χ2n) is 4.42. The van der Waals surface area contributed by atoms with Gasteiger partial charge in [-0.05, 0) is 5.56 Å². The van der Waals surface area contributed by atoms with Crippen LogP contribution >= 0.6 is 0 Å². The van der Waals surface area contributed by atoms with Gasteiger partial charge in [-0.25, -0.2) is 19.7 Å². The molecule has 2 heterocycles. The van der Waals surface area contributed by atoms with Crippen molar-refractivity contribution in [1.29, 1.82) is 0 Å². The summed E-state index contributed by atoms with van der Waals surface area (Å²) in [6.07, 6.45) is 1.63. The molecule has 21 heavy (non-hydrogen) atoms. The average molecular weight is 281 g/mol. The Balaban J connectivity index is 2.15. The average Bonchev–Trinajstić information content (AvgIpc) is 2.47. The predicted octanol–water partition coefficient (Wildman–Crippen LogP) is 1.29. The first-order valence-corrected chi connectivity index (χ1v) is 6.20. The maximum Gasteiger partial charge on any atom is 0.356 e. The van der Waals surface area contributed by atoms with Gasteiger partial charge in [-0.3, -0.25) is 0 Å². The van der Waals surface area contributed by atoms with Gasteiger partial charge in [-0.1, -0.05) is 30.3 Å². The summed E-state index contributed by atoms with van der Waals surface area (Å²) in [6.45, 7) is 0. The summed E-state index contributed by atoms with van der Waals surface area (Å²) >= 11 is 0. The molecule has 0 radical (unpaired) electrons. The monoisotopic (exact) mass is 281 g/mol. The fourth-order valence-electron chi connectivity index (χ4n) is 2.00. The minimum absolute atomic E-state index is 0.0887. The number of benzene rings is 1. The molecule has 3 rings (SSSR count). The summed E-state index contributed by atoms with van der Waals surface area (Å²) < 4.78 is 0. The highest BCUT2D eigenvalue weighted by Crippen LogP contribution is 2.17. The summed E-state index contributed by atoms with van der Waals surface area (Å²) in [4.78, 5) is 27.2. The van der Waals surface area contributed by atoms with Crippen LogP contribution in [0.4, 0.5) is 5.95 Å². The second-order valence-corrected chi connectivity index (χ2v) is 4.42. The van der Waals surface area contributed by atoms with Crippen molar-refractivity contribution in [1.82, 2.24) is 19.9 Å². The number of hydrogen-bond donors (Lipinski definition) is 2. The largest absolute Gasteiger partial charge is 0.476 e. The number of nitrogens with zero attached hydrogens (tertiary/aromatic N) is 4. The van der Waals surface area contributed by atoms with E-state index in [9.17, 15) is 4.79 Å². The van der Waals surface area contributed by atoms with Crippen LogP contribution < -0.4 is 5.73 Å². The predicted molar refractivity (Wildman–Crippen MR) is 75.7 cm³/mol. The normalized spacial score (nSPS) is 10.7. The molecule has 0 atom stereocenters. The Labute approximate surface area is 119 Å². The minimum Gasteiger partial charge on any atom is -0.476 e. The van der Waals surface area contributed by atoms with E-state index in [2.05, 4.69) is 19.9 Å². The molecule has 0 amide bonds. The number of carbonyl (C=O) groups is 1. The Morgan fingerprint density at radius 1 is 1.14 bits per heavy atom. The van der Waals surface area contributed by atoms with E-state index in [1.165, 1.54) is 0 Å². The number of aromatic carboxylic acids is 1. The van der Waals surface area contributed by atoms with E-state index in [0.29, 0.717) is 23.3 Å². The molecule has 0 fully saturated rings. The highest BCUT2D eigenvalue weighted by molar-refractivity contribution is 5.87. The van der Waals surface area contributed by atoms with Crippen LogP contribution in [0.2, 0.25) is 0 Å². The number of hydrogen-bond acceptors (Lipinski definition) is 6. The van der Waals surface area contributed by atoms with Crippen LogP contribution in [0.3, 0.4) is 0 Å². The molecule has 104 valence electrons. The lowest BCUT2D eigenvalue weighted by molar-refractivity contribution is 0.0690. The molecule has 0 saturated heterocycles. The van der Waals surface area contributed by atoms with Crippen molar-refractivity contribution in [2.24, 2.45) is 0 Å². The number of aromatic nitrogens is 4. The lowest BCUT2D eigenvalue weighted by Gasteiger charge is -2.06. The minimum atomic E-state index is -1.15. The van der Waals surface area contributed by atoms with Crippen LogP contribution in [0.1, 0.15) is 21.7 Å². The quantitative estimate of drug-likeness (QED) is 0.743. The number of carboxylic acid groups (broad SMARTS) is 1. The van der Waals surface area contributed by atoms with Crippen molar-refractivity contribution in [2.75, 3.05) is 5.73 Å². The van der Waals surface area contributed by atoms with Gasteiger partial charge in [0.1, 0.15) is 5.52 Å². The van der Waals surface area contributed by atoms with E-state index < -0.39 is 5.97 Å². The number of nitrogens with two attached hydrogens (primary N) is 1. The van der Waals surface area contributed by atoms with Crippen LogP contribution in [0.25, 0.3) is 11.2 Å². The maximum absolute atomic E-state index is 11.0. The molecule has 3 aromatic rings. The fraction of sp³-hybridized carbons (Fsp3) is 0.0714. The molecule has 0 unspecified atom stereocenters. The molecule has 3 N–H and O–H groups in total. The van der Waals surface area contributed by atoms with Crippen LogP contribution in [0.15, 0.2) is 36.5 Å². The molecule has 1 aromatic carbocycles. The van der Waals surface area contributed by atoms with Gasteiger partial charge in [0, 0.05) is 6.42 Å². The SMILES string of the molecule is Nc1nc(Cc2ccccc2)c2nc(C(=O)O)cnc2n1. The van der Waals surface area contributed by atoms with E-state index in [1.54, 1.807) is 0 Å². The van der Waals surface area contributed by atoms with Crippen LogP contribution in [0.5, 0.6) is 0 Å². The van der Waals surface area contributed by atoms with Gasteiger partial charge in [0.25, 0.3) is 0 Å². The van der Waals surface area contributed by atoms with E-state index in [1.807, 2.05) is 30.3 Å². The molecular weight excluding hydrogens is 270 g/mol.